The average molecular weight is 465 g/mol. The molecule has 0 spiro atoms. The highest BCUT2D eigenvalue weighted by atomic mass is 35.5. The first-order chi connectivity index (χ1) is 15.3. The van der Waals surface area contributed by atoms with Gasteiger partial charge in [-0.3, -0.25) is 9.10 Å². The van der Waals surface area contributed by atoms with Crippen LogP contribution >= 0.6 is 11.6 Å². The van der Waals surface area contributed by atoms with Crippen molar-refractivity contribution in [2.45, 2.75) is 11.8 Å². The molecule has 0 saturated heterocycles. The first-order valence-corrected chi connectivity index (χ1v) is 11.8. The molecule has 0 aliphatic heterocycles. The third-order valence-electron chi connectivity index (χ3n) is 5.10. The Hall–Kier alpha value is -3.35. The highest BCUT2D eigenvalue weighted by molar-refractivity contribution is 7.92. The summed E-state index contributed by atoms with van der Waals surface area (Å²) in [5.41, 5.74) is 1.72. The fourth-order valence-electron chi connectivity index (χ4n) is 3.37. The molecular weight excluding hydrogens is 444 g/mol. The van der Waals surface area contributed by atoms with Crippen LogP contribution in [0.25, 0.3) is 10.8 Å². The number of fused-ring (bicyclic) bond motifs is 1. The maximum atomic E-state index is 13.4. The van der Waals surface area contributed by atoms with Crippen molar-refractivity contribution in [1.29, 1.82) is 0 Å². The Morgan fingerprint density at radius 3 is 2.28 bits per heavy atom. The van der Waals surface area contributed by atoms with Gasteiger partial charge in [-0.05, 0) is 59.7 Å². The van der Waals surface area contributed by atoms with Gasteiger partial charge in [0.1, 0.15) is 6.54 Å². The normalized spacial score (nSPS) is 11.3. The maximum Gasteiger partial charge on any atom is 0.264 e. The van der Waals surface area contributed by atoms with Gasteiger partial charge in [0.2, 0.25) is 5.91 Å². The van der Waals surface area contributed by atoms with E-state index >= 15 is 0 Å². The van der Waals surface area contributed by atoms with Crippen LogP contribution in [0.2, 0.25) is 5.02 Å². The van der Waals surface area contributed by atoms with Crippen LogP contribution in [0.5, 0.6) is 0 Å². The summed E-state index contributed by atoms with van der Waals surface area (Å²) in [6, 6.07) is 26.3. The Balaban J connectivity index is 1.66. The summed E-state index contributed by atoms with van der Waals surface area (Å²) < 4.78 is 27.9. The van der Waals surface area contributed by atoms with E-state index in [1.807, 2.05) is 43.3 Å². The number of hydrogen-bond acceptors (Lipinski definition) is 3. The van der Waals surface area contributed by atoms with Gasteiger partial charge in [-0.2, -0.15) is 0 Å². The molecular formula is C25H21ClN2O3S. The molecule has 1 N–H and O–H groups in total. The molecule has 0 aliphatic rings. The third-order valence-corrected chi connectivity index (χ3v) is 7.29. The number of benzene rings is 4. The second kappa shape index (κ2) is 9.02. The standard InChI is InChI=1S/C25H21ClN2O3S/c1-18-11-14-22(16-24(18)26)28(32(30,31)23-9-3-2-4-10-23)17-25(29)27-21-13-12-19-7-5-6-8-20(19)15-21/h2-16H,17H2,1H3,(H,27,29). The SMILES string of the molecule is Cc1ccc(N(CC(=O)Nc2ccc3ccccc3c2)S(=O)(=O)c2ccccc2)cc1Cl. The Kier molecular flexibility index (Phi) is 6.17. The molecule has 0 aromatic heterocycles. The van der Waals surface area contributed by atoms with E-state index in [0.717, 1.165) is 20.6 Å². The number of carbonyl (C=O) groups excluding carboxylic acids is 1. The lowest BCUT2D eigenvalue weighted by Gasteiger charge is -2.24. The largest absolute Gasteiger partial charge is 0.324 e. The van der Waals surface area contributed by atoms with Crippen molar-refractivity contribution in [2.24, 2.45) is 0 Å². The lowest BCUT2D eigenvalue weighted by Crippen LogP contribution is -2.38. The number of halogens is 1. The monoisotopic (exact) mass is 464 g/mol. The van der Waals surface area contributed by atoms with Crippen LogP contribution in [-0.2, 0) is 14.8 Å². The van der Waals surface area contributed by atoms with Gasteiger partial charge >= 0.3 is 0 Å². The number of sulfonamides is 1. The zero-order chi connectivity index (χ0) is 22.7. The van der Waals surface area contributed by atoms with Gasteiger partial charge in [-0.15, -0.1) is 0 Å². The number of hydrogen-bond donors (Lipinski definition) is 1. The van der Waals surface area contributed by atoms with Crippen molar-refractivity contribution >= 4 is 49.7 Å². The summed E-state index contributed by atoms with van der Waals surface area (Å²) in [5, 5.41) is 5.25. The molecule has 162 valence electrons. The fourth-order valence-corrected chi connectivity index (χ4v) is 4.98. The highest BCUT2D eigenvalue weighted by Gasteiger charge is 2.27. The number of anilines is 2. The van der Waals surface area contributed by atoms with Crippen molar-refractivity contribution in [2.75, 3.05) is 16.2 Å². The minimum atomic E-state index is -3.99. The summed E-state index contributed by atoms with van der Waals surface area (Å²) in [5.74, 6) is -0.462. The van der Waals surface area contributed by atoms with E-state index < -0.39 is 22.5 Å². The van der Waals surface area contributed by atoms with Crippen molar-refractivity contribution < 1.29 is 13.2 Å². The van der Waals surface area contributed by atoms with E-state index in [1.165, 1.54) is 12.1 Å². The summed E-state index contributed by atoms with van der Waals surface area (Å²) in [4.78, 5) is 13.0. The Labute approximate surface area is 192 Å². The highest BCUT2D eigenvalue weighted by Crippen LogP contribution is 2.28. The zero-order valence-corrected chi connectivity index (χ0v) is 18.9. The Morgan fingerprint density at radius 2 is 1.56 bits per heavy atom. The average Bonchev–Trinajstić information content (AvgIpc) is 2.80. The van der Waals surface area contributed by atoms with Crippen LogP contribution in [0.4, 0.5) is 11.4 Å². The number of nitrogens with zero attached hydrogens (tertiary/aromatic N) is 1. The predicted octanol–water partition coefficient (Wildman–Crippen LogP) is 5.64. The van der Waals surface area contributed by atoms with E-state index in [9.17, 15) is 13.2 Å². The lowest BCUT2D eigenvalue weighted by atomic mass is 10.1. The molecule has 5 nitrogen and oxygen atoms in total. The summed E-state index contributed by atoms with van der Waals surface area (Å²) in [7, 11) is -3.99. The second-order valence-corrected chi connectivity index (χ2v) is 9.64. The van der Waals surface area contributed by atoms with Crippen LogP contribution < -0.4 is 9.62 Å². The summed E-state index contributed by atoms with van der Waals surface area (Å²) >= 11 is 6.25. The van der Waals surface area contributed by atoms with Crippen LogP contribution in [0, 0.1) is 6.92 Å². The molecule has 0 bridgehead atoms. The van der Waals surface area contributed by atoms with Crippen LogP contribution in [0.15, 0.2) is 95.9 Å². The second-order valence-electron chi connectivity index (χ2n) is 7.37. The van der Waals surface area contributed by atoms with Crippen molar-refractivity contribution in [1.82, 2.24) is 0 Å². The molecule has 32 heavy (non-hydrogen) atoms. The maximum absolute atomic E-state index is 13.4. The molecule has 0 aliphatic carbocycles. The van der Waals surface area contributed by atoms with E-state index in [1.54, 1.807) is 42.5 Å². The molecule has 7 heteroatoms. The first kappa shape index (κ1) is 21.9. The number of rotatable bonds is 6. The van der Waals surface area contributed by atoms with Crippen molar-refractivity contribution in [3.63, 3.8) is 0 Å². The fraction of sp³-hybridized carbons (Fsp3) is 0.0800. The van der Waals surface area contributed by atoms with Crippen LogP contribution in [0.1, 0.15) is 5.56 Å². The molecule has 0 heterocycles. The van der Waals surface area contributed by atoms with E-state index in [-0.39, 0.29) is 4.90 Å². The van der Waals surface area contributed by atoms with E-state index in [0.29, 0.717) is 16.4 Å². The first-order valence-electron chi connectivity index (χ1n) is 9.97. The van der Waals surface area contributed by atoms with Gasteiger partial charge in [0.25, 0.3) is 10.0 Å². The number of amides is 1. The number of carbonyl (C=O) groups is 1. The topological polar surface area (TPSA) is 66.5 Å². The molecule has 0 fully saturated rings. The molecule has 0 unspecified atom stereocenters. The Morgan fingerprint density at radius 1 is 0.875 bits per heavy atom. The zero-order valence-electron chi connectivity index (χ0n) is 17.3. The molecule has 1 amide bonds. The minimum Gasteiger partial charge on any atom is -0.324 e. The molecule has 0 saturated carbocycles. The van der Waals surface area contributed by atoms with Crippen LogP contribution in [-0.4, -0.2) is 20.9 Å². The summed E-state index contributed by atoms with van der Waals surface area (Å²) in [6.07, 6.45) is 0. The summed E-state index contributed by atoms with van der Waals surface area (Å²) in [6.45, 7) is 1.43. The van der Waals surface area contributed by atoms with E-state index in [2.05, 4.69) is 5.32 Å². The van der Waals surface area contributed by atoms with E-state index in [4.69, 9.17) is 11.6 Å². The quantitative estimate of drug-likeness (QED) is 0.401. The molecule has 0 atom stereocenters. The lowest BCUT2D eigenvalue weighted by molar-refractivity contribution is -0.114. The molecule has 4 aromatic carbocycles. The van der Waals surface area contributed by atoms with Gasteiger partial charge in [-0.25, -0.2) is 8.42 Å². The van der Waals surface area contributed by atoms with Gasteiger partial charge in [0.15, 0.2) is 0 Å². The molecule has 4 rings (SSSR count). The van der Waals surface area contributed by atoms with Crippen molar-refractivity contribution in [3.8, 4) is 0 Å². The number of aryl methyl sites for hydroxylation is 1. The predicted molar refractivity (Wildman–Crippen MR) is 130 cm³/mol. The molecule has 0 radical (unpaired) electrons. The van der Waals surface area contributed by atoms with Gasteiger partial charge in [-0.1, -0.05) is 66.2 Å². The Bertz CT molecular complexity index is 1390. The third kappa shape index (κ3) is 4.61. The van der Waals surface area contributed by atoms with Gasteiger partial charge in [0, 0.05) is 10.7 Å². The molecule has 4 aromatic rings. The smallest absolute Gasteiger partial charge is 0.264 e. The van der Waals surface area contributed by atoms with Crippen LogP contribution in [0.3, 0.4) is 0 Å². The van der Waals surface area contributed by atoms with Gasteiger partial charge in [0.05, 0.1) is 10.6 Å². The van der Waals surface area contributed by atoms with Crippen molar-refractivity contribution in [3.05, 3.63) is 102 Å². The minimum absolute atomic E-state index is 0.0928. The number of nitrogens with one attached hydrogen (secondary N) is 1. The van der Waals surface area contributed by atoms with Gasteiger partial charge < -0.3 is 5.32 Å².